The summed E-state index contributed by atoms with van der Waals surface area (Å²) in [5, 5.41) is 11.5. The van der Waals surface area contributed by atoms with Gasteiger partial charge in [-0.05, 0) is 5.56 Å². The van der Waals surface area contributed by atoms with Crippen molar-refractivity contribution in [3.63, 3.8) is 0 Å². The summed E-state index contributed by atoms with van der Waals surface area (Å²) in [6, 6.07) is 10.6. The minimum absolute atomic E-state index is 0.312. The molecule has 0 unspecified atom stereocenters. The third-order valence-electron chi connectivity index (χ3n) is 3.53. The second-order valence-corrected chi connectivity index (χ2v) is 4.94. The Labute approximate surface area is 114 Å². The standard InChI is InChI=1S/C14H22N4O/c15-14(16-19)6-7-17-8-10-18(11-9-17)12-13-4-2-1-3-5-13/h1-5,19H,6-12H2,(H2,15,16). The molecule has 1 fully saturated rings. The maximum absolute atomic E-state index is 8.51. The van der Waals surface area contributed by atoms with Gasteiger partial charge in [-0.1, -0.05) is 35.5 Å². The molecule has 3 N–H and O–H groups in total. The van der Waals surface area contributed by atoms with E-state index in [9.17, 15) is 0 Å². The van der Waals surface area contributed by atoms with Gasteiger partial charge >= 0.3 is 0 Å². The van der Waals surface area contributed by atoms with Gasteiger partial charge in [0.25, 0.3) is 0 Å². The van der Waals surface area contributed by atoms with Gasteiger partial charge in [0, 0.05) is 45.7 Å². The highest BCUT2D eigenvalue weighted by molar-refractivity contribution is 5.79. The molecule has 1 aromatic rings. The molecule has 5 nitrogen and oxygen atoms in total. The summed E-state index contributed by atoms with van der Waals surface area (Å²) in [4.78, 5) is 4.83. The number of rotatable bonds is 5. The van der Waals surface area contributed by atoms with Crippen molar-refractivity contribution in [3.05, 3.63) is 35.9 Å². The Balaban J connectivity index is 1.71. The van der Waals surface area contributed by atoms with E-state index >= 15 is 0 Å². The number of hydrogen-bond acceptors (Lipinski definition) is 4. The molecule has 1 aliphatic rings. The number of piperazine rings is 1. The first-order chi connectivity index (χ1) is 9.28. The topological polar surface area (TPSA) is 65.1 Å². The average Bonchev–Trinajstić information content (AvgIpc) is 2.47. The third kappa shape index (κ3) is 4.54. The lowest BCUT2D eigenvalue weighted by atomic mass is 10.2. The smallest absolute Gasteiger partial charge is 0.140 e. The molecule has 1 heterocycles. The van der Waals surface area contributed by atoms with Gasteiger partial charge in [-0.2, -0.15) is 0 Å². The minimum atomic E-state index is 0.312. The van der Waals surface area contributed by atoms with Crippen LogP contribution in [0.25, 0.3) is 0 Å². The van der Waals surface area contributed by atoms with Gasteiger partial charge in [0.1, 0.15) is 5.84 Å². The first-order valence-corrected chi connectivity index (χ1v) is 6.73. The van der Waals surface area contributed by atoms with Crippen molar-refractivity contribution >= 4 is 5.84 Å². The van der Waals surface area contributed by atoms with E-state index in [1.54, 1.807) is 0 Å². The zero-order valence-corrected chi connectivity index (χ0v) is 11.2. The van der Waals surface area contributed by atoms with E-state index in [0.717, 1.165) is 39.3 Å². The number of oxime groups is 1. The molecule has 0 bridgehead atoms. The Morgan fingerprint density at radius 1 is 1.11 bits per heavy atom. The number of amidine groups is 1. The van der Waals surface area contributed by atoms with Crippen LogP contribution < -0.4 is 5.73 Å². The predicted molar refractivity (Wildman–Crippen MR) is 76.2 cm³/mol. The molecular formula is C14H22N4O. The molecule has 0 aliphatic carbocycles. The molecule has 0 atom stereocenters. The molecule has 0 spiro atoms. The number of nitrogens with two attached hydrogens (primary N) is 1. The second kappa shape index (κ2) is 7.11. The highest BCUT2D eigenvalue weighted by Gasteiger charge is 2.16. The Hall–Kier alpha value is -1.59. The van der Waals surface area contributed by atoms with Crippen molar-refractivity contribution in [2.24, 2.45) is 10.9 Å². The van der Waals surface area contributed by atoms with Gasteiger partial charge in [-0.3, -0.25) is 4.90 Å². The third-order valence-corrected chi connectivity index (χ3v) is 3.53. The Morgan fingerprint density at radius 3 is 2.37 bits per heavy atom. The fourth-order valence-electron chi connectivity index (χ4n) is 2.34. The van der Waals surface area contributed by atoms with Crippen LogP contribution >= 0.6 is 0 Å². The van der Waals surface area contributed by atoms with E-state index in [1.165, 1.54) is 5.56 Å². The summed E-state index contributed by atoms with van der Waals surface area (Å²) in [7, 11) is 0. The molecule has 19 heavy (non-hydrogen) atoms. The molecule has 0 amide bonds. The lowest BCUT2D eigenvalue weighted by molar-refractivity contribution is 0.129. The van der Waals surface area contributed by atoms with Gasteiger partial charge in [-0.15, -0.1) is 0 Å². The van der Waals surface area contributed by atoms with Crippen LogP contribution in [0.4, 0.5) is 0 Å². The molecule has 1 aromatic carbocycles. The van der Waals surface area contributed by atoms with E-state index in [-0.39, 0.29) is 0 Å². The van der Waals surface area contributed by atoms with Gasteiger partial charge in [-0.25, -0.2) is 0 Å². The molecule has 0 aromatic heterocycles. The molecule has 0 saturated carbocycles. The number of benzene rings is 1. The van der Waals surface area contributed by atoms with E-state index in [4.69, 9.17) is 10.9 Å². The van der Waals surface area contributed by atoms with Crippen molar-refractivity contribution in [1.29, 1.82) is 0 Å². The second-order valence-electron chi connectivity index (χ2n) is 4.94. The largest absolute Gasteiger partial charge is 0.409 e. The monoisotopic (exact) mass is 262 g/mol. The quantitative estimate of drug-likeness (QED) is 0.359. The predicted octanol–water partition coefficient (Wildman–Crippen LogP) is 0.941. The van der Waals surface area contributed by atoms with Gasteiger partial charge in [0.05, 0.1) is 0 Å². The maximum Gasteiger partial charge on any atom is 0.140 e. The fourth-order valence-corrected chi connectivity index (χ4v) is 2.34. The molecular weight excluding hydrogens is 240 g/mol. The van der Waals surface area contributed by atoms with Crippen molar-refractivity contribution in [1.82, 2.24) is 9.80 Å². The molecule has 1 saturated heterocycles. The zero-order valence-electron chi connectivity index (χ0n) is 11.2. The lowest BCUT2D eigenvalue weighted by Gasteiger charge is -2.34. The summed E-state index contributed by atoms with van der Waals surface area (Å²) < 4.78 is 0. The summed E-state index contributed by atoms with van der Waals surface area (Å²) in [6.07, 6.45) is 0.634. The summed E-state index contributed by atoms with van der Waals surface area (Å²) >= 11 is 0. The normalized spacial score (nSPS) is 18.6. The number of hydrogen-bond donors (Lipinski definition) is 2. The minimum Gasteiger partial charge on any atom is -0.409 e. The van der Waals surface area contributed by atoms with Crippen molar-refractivity contribution in [2.75, 3.05) is 32.7 Å². The summed E-state index contributed by atoms with van der Waals surface area (Å²) in [5.74, 6) is 0.312. The van der Waals surface area contributed by atoms with E-state index < -0.39 is 0 Å². The van der Waals surface area contributed by atoms with Crippen LogP contribution in [-0.2, 0) is 6.54 Å². The van der Waals surface area contributed by atoms with Crippen LogP contribution in [0.15, 0.2) is 35.5 Å². The first kappa shape index (κ1) is 13.8. The maximum atomic E-state index is 8.51. The lowest BCUT2D eigenvalue weighted by Crippen LogP contribution is -2.46. The average molecular weight is 262 g/mol. The molecule has 1 aliphatic heterocycles. The van der Waals surface area contributed by atoms with Gasteiger partial charge in [0.2, 0.25) is 0 Å². The molecule has 0 radical (unpaired) electrons. The van der Waals surface area contributed by atoms with Crippen LogP contribution in [0, 0.1) is 0 Å². The van der Waals surface area contributed by atoms with Gasteiger partial charge < -0.3 is 15.8 Å². The Morgan fingerprint density at radius 2 is 1.74 bits per heavy atom. The molecule has 104 valence electrons. The summed E-state index contributed by atoms with van der Waals surface area (Å²) in [6.45, 7) is 6.14. The van der Waals surface area contributed by atoms with Crippen LogP contribution in [-0.4, -0.2) is 53.6 Å². The molecule has 5 heteroatoms. The number of nitrogens with zero attached hydrogens (tertiary/aromatic N) is 3. The van der Waals surface area contributed by atoms with E-state index in [0.29, 0.717) is 12.3 Å². The summed E-state index contributed by atoms with van der Waals surface area (Å²) in [5.41, 5.74) is 6.85. The SMILES string of the molecule is NC(CCN1CCN(Cc2ccccc2)CC1)=NO. The Kier molecular flexibility index (Phi) is 5.18. The molecule has 2 rings (SSSR count). The van der Waals surface area contributed by atoms with E-state index in [2.05, 4.69) is 45.3 Å². The first-order valence-electron chi connectivity index (χ1n) is 6.73. The van der Waals surface area contributed by atoms with Crippen LogP contribution in [0.3, 0.4) is 0 Å². The van der Waals surface area contributed by atoms with Crippen molar-refractivity contribution in [2.45, 2.75) is 13.0 Å². The Bertz CT molecular complexity index is 399. The van der Waals surface area contributed by atoms with E-state index in [1.807, 2.05) is 0 Å². The highest BCUT2D eigenvalue weighted by atomic mass is 16.4. The van der Waals surface area contributed by atoms with Gasteiger partial charge in [0.15, 0.2) is 0 Å². The fraction of sp³-hybridized carbons (Fsp3) is 0.500. The van der Waals surface area contributed by atoms with Crippen LogP contribution in [0.1, 0.15) is 12.0 Å². The zero-order chi connectivity index (χ0) is 13.5. The van der Waals surface area contributed by atoms with Crippen molar-refractivity contribution in [3.8, 4) is 0 Å². The van der Waals surface area contributed by atoms with Crippen LogP contribution in [0.5, 0.6) is 0 Å². The van der Waals surface area contributed by atoms with Crippen molar-refractivity contribution < 1.29 is 5.21 Å². The van der Waals surface area contributed by atoms with Crippen LogP contribution in [0.2, 0.25) is 0 Å². The highest BCUT2D eigenvalue weighted by Crippen LogP contribution is 2.08.